The Balaban J connectivity index is 2.31. The van der Waals surface area contributed by atoms with Gasteiger partial charge < -0.3 is 10.6 Å². The fraction of sp³-hybridized carbons (Fsp3) is 0.250. The fourth-order valence-electron chi connectivity index (χ4n) is 1.31. The van der Waals surface area contributed by atoms with Crippen molar-refractivity contribution in [1.82, 2.24) is 10.6 Å². The Kier molecular flexibility index (Phi) is 1.53. The van der Waals surface area contributed by atoms with Gasteiger partial charge in [-0.3, -0.25) is 0 Å². The summed E-state index contributed by atoms with van der Waals surface area (Å²) in [5.41, 5.74) is 2.50. The molecule has 0 bridgehead atoms. The minimum Gasteiger partial charge on any atom is -0.367 e. The lowest BCUT2D eigenvalue weighted by Gasteiger charge is -2.18. The third-order valence-electron chi connectivity index (χ3n) is 1.78. The molecule has 0 aromatic heterocycles. The van der Waals surface area contributed by atoms with Crippen LogP contribution in [0.3, 0.4) is 0 Å². The van der Waals surface area contributed by atoms with Crippen molar-refractivity contribution in [3.8, 4) is 0 Å². The van der Waals surface area contributed by atoms with Crippen molar-refractivity contribution in [2.75, 3.05) is 0 Å². The van der Waals surface area contributed by atoms with E-state index in [-0.39, 0.29) is 6.17 Å². The summed E-state index contributed by atoms with van der Waals surface area (Å²) < 4.78 is 1.09. The Morgan fingerprint density at radius 1 is 1.45 bits per heavy atom. The molecule has 2 N–H and O–H groups in total. The summed E-state index contributed by atoms with van der Waals surface area (Å²) in [5.74, 6) is 0. The second-order valence-electron chi connectivity index (χ2n) is 2.74. The van der Waals surface area contributed by atoms with Crippen LogP contribution in [0.25, 0.3) is 0 Å². The summed E-state index contributed by atoms with van der Waals surface area (Å²) in [6, 6.07) is 0. The van der Waals surface area contributed by atoms with Gasteiger partial charge in [0, 0.05) is 16.4 Å². The zero-order valence-electron chi connectivity index (χ0n) is 6.19. The van der Waals surface area contributed by atoms with Crippen molar-refractivity contribution in [2.45, 2.75) is 13.1 Å². The van der Waals surface area contributed by atoms with Gasteiger partial charge >= 0.3 is 0 Å². The maximum Gasteiger partial charge on any atom is 0.122 e. The highest BCUT2D eigenvalue weighted by Gasteiger charge is 2.19. The van der Waals surface area contributed by atoms with E-state index in [4.69, 9.17) is 0 Å². The predicted molar refractivity (Wildman–Crippen MR) is 48.9 cm³/mol. The van der Waals surface area contributed by atoms with E-state index in [1.165, 1.54) is 11.3 Å². The molecular weight excluding hydrogens is 204 g/mol. The van der Waals surface area contributed by atoms with Gasteiger partial charge in [0.15, 0.2) is 0 Å². The second-order valence-corrected chi connectivity index (χ2v) is 3.66. The van der Waals surface area contributed by atoms with E-state index in [1.54, 1.807) is 0 Å². The first kappa shape index (κ1) is 6.98. The summed E-state index contributed by atoms with van der Waals surface area (Å²) in [4.78, 5) is 0. The minimum absolute atomic E-state index is 0.288. The van der Waals surface area contributed by atoms with Crippen LogP contribution in [0.1, 0.15) is 6.92 Å². The molecule has 0 radical (unpaired) electrons. The van der Waals surface area contributed by atoms with Crippen LogP contribution in [0.15, 0.2) is 34.1 Å². The number of fused-ring (bicyclic) bond motifs is 1. The molecule has 0 spiro atoms. The molecule has 11 heavy (non-hydrogen) atoms. The first-order valence-electron chi connectivity index (χ1n) is 3.54. The molecule has 1 atom stereocenters. The van der Waals surface area contributed by atoms with Crippen LogP contribution in [0.2, 0.25) is 0 Å². The van der Waals surface area contributed by atoms with Crippen LogP contribution in [-0.4, -0.2) is 6.17 Å². The molecule has 58 valence electrons. The monoisotopic (exact) mass is 212 g/mol. The highest BCUT2D eigenvalue weighted by atomic mass is 79.9. The summed E-state index contributed by atoms with van der Waals surface area (Å²) >= 11 is 3.41. The van der Waals surface area contributed by atoms with Crippen molar-refractivity contribution in [3.63, 3.8) is 0 Å². The summed E-state index contributed by atoms with van der Waals surface area (Å²) in [6.45, 7) is 2.06. The zero-order chi connectivity index (χ0) is 7.84. The van der Waals surface area contributed by atoms with Crippen LogP contribution in [0.4, 0.5) is 0 Å². The van der Waals surface area contributed by atoms with Crippen molar-refractivity contribution >= 4 is 15.9 Å². The SMILES string of the molecule is CC1=CC2=CC(Br)=CNC2N1. The molecule has 3 heteroatoms. The molecule has 0 aromatic carbocycles. The van der Waals surface area contributed by atoms with Gasteiger partial charge in [-0.1, -0.05) is 0 Å². The van der Waals surface area contributed by atoms with Gasteiger partial charge in [-0.2, -0.15) is 0 Å². The van der Waals surface area contributed by atoms with E-state index in [0.717, 1.165) is 4.48 Å². The summed E-state index contributed by atoms with van der Waals surface area (Å²) in [7, 11) is 0. The van der Waals surface area contributed by atoms with Crippen LogP contribution in [-0.2, 0) is 0 Å². The van der Waals surface area contributed by atoms with E-state index in [1.807, 2.05) is 6.20 Å². The highest BCUT2D eigenvalue weighted by molar-refractivity contribution is 9.11. The van der Waals surface area contributed by atoms with E-state index in [0.29, 0.717) is 0 Å². The van der Waals surface area contributed by atoms with Gasteiger partial charge in [-0.15, -0.1) is 0 Å². The molecule has 0 amide bonds. The number of dihydropyridines is 1. The fourth-order valence-corrected chi connectivity index (χ4v) is 1.71. The molecule has 0 aromatic rings. The lowest BCUT2D eigenvalue weighted by Crippen LogP contribution is -2.37. The number of allylic oxidation sites excluding steroid dienone is 3. The van der Waals surface area contributed by atoms with Gasteiger partial charge in [0.05, 0.1) is 0 Å². The molecule has 0 fully saturated rings. The zero-order valence-corrected chi connectivity index (χ0v) is 7.77. The number of nitrogens with one attached hydrogen (secondary N) is 2. The molecule has 0 saturated carbocycles. The number of hydrogen-bond donors (Lipinski definition) is 2. The normalized spacial score (nSPS) is 27.5. The topological polar surface area (TPSA) is 24.1 Å². The Labute approximate surface area is 74.2 Å². The van der Waals surface area contributed by atoms with Crippen LogP contribution >= 0.6 is 15.9 Å². The van der Waals surface area contributed by atoms with E-state index in [2.05, 4.69) is 45.6 Å². The highest BCUT2D eigenvalue weighted by Crippen LogP contribution is 2.21. The van der Waals surface area contributed by atoms with Crippen molar-refractivity contribution in [3.05, 3.63) is 34.1 Å². The number of halogens is 1. The minimum atomic E-state index is 0.288. The smallest absolute Gasteiger partial charge is 0.122 e. The molecule has 2 rings (SSSR count). The predicted octanol–water partition coefficient (Wildman–Crippen LogP) is 1.59. The quantitative estimate of drug-likeness (QED) is 0.638. The molecule has 2 nitrogen and oxygen atoms in total. The third kappa shape index (κ3) is 1.20. The Bertz CT molecular complexity index is 276. The van der Waals surface area contributed by atoms with Crippen molar-refractivity contribution in [2.24, 2.45) is 0 Å². The van der Waals surface area contributed by atoms with Gasteiger partial charge in [0.1, 0.15) is 6.17 Å². The lowest BCUT2D eigenvalue weighted by molar-refractivity contribution is 0.616. The standard InChI is InChI=1S/C8H9BrN2/c1-5-2-6-3-7(9)4-10-8(6)11-5/h2-4,8,10-11H,1H3. The summed E-state index contributed by atoms with van der Waals surface area (Å²) in [5, 5.41) is 6.51. The molecule has 2 aliphatic rings. The van der Waals surface area contributed by atoms with Crippen LogP contribution in [0, 0.1) is 0 Å². The van der Waals surface area contributed by atoms with Crippen LogP contribution < -0.4 is 10.6 Å². The molecule has 0 saturated heterocycles. The maximum absolute atomic E-state index is 3.41. The molecule has 1 unspecified atom stereocenters. The maximum atomic E-state index is 3.41. The second kappa shape index (κ2) is 2.41. The molecular formula is C8H9BrN2. The summed E-state index contributed by atoms with van der Waals surface area (Å²) in [6.07, 6.45) is 6.50. The first-order valence-corrected chi connectivity index (χ1v) is 4.33. The van der Waals surface area contributed by atoms with E-state index >= 15 is 0 Å². The van der Waals surface area contributed by atoms with E-state index < -0.39 is 0 Å². The Morgan fingerprint density at radius 3 is 3.09 bits per heavy atom. The average molecular weight is 213 g/mol. The largest absolute Gasteiger partial charge is 0.367 e. The van der Waals surface area contributed by atoms with Gasteiger partial charge in [-0.25, -0.2) is 0 Å². The van der Waals surface area contributed by atoms with Crippen molar-refractivity contribution < 1.29 is 0 Å². The molecule has 2 aliphatic heterocycles. The lowest BCUT2D eigenvalue weighted by atomic mass is 10.2. The van der Waals surface area contributed by atoms with Crippen molar-refractivity contribution in [1.29, 1.82) is 0 Å². The Morgan fingerprint density at radius 2 is 2.27 bits per heavy atom. The number of hydrogen-bond acceptors (Lipinski definition) is 2. The first-order chi connectivity index (χ1) is 5.25. The van der Waals surface area contributed by atoms with Gasteiger partial charge in [-0.05, 0) is 40.6 Å². The molecule has 2 heterocycles. The van der Waals surface area contributed by atoms with E-state index in [9.17, 15) is 0 Å². The molecule has 0 aliphatic carbocycles. The average Bonchev–Trinajstić information content (AvgIpc) is 2.27. The van der Waals surface area contributed by atoms with Crippen LogP contribution in [0.5, 0.6) is 0 Å². The Hall–Kier alpha value is -0.700. The van der Waals surface area contributed by atoms with Gasteiger partial charge in [0.25, 0.3) is 0 Å². The third-order valence-corrected chi connectivity index (χ3v) is 2.24. The number of rotatable bonds is 0. The van der Waals surface area contributed by atoms with Gasteiger partial charge in [0.2, 0.25) is 0 Å².